The normalized spacial score (nSPS) is 20.5. The van der Waals surface area contributed by atoms with Crippen molar-refractivity contribution < 1.29 is 9.13 Å². The van der Waals surface area contributed by atoms with Crippen LogP contribution in [0.2, 0.25) is 0 Å². The van der Waals surface area contributed by atoms with E-state index in [1.165, 1.54) is 12.8 Å². The van der Waals surface area contributed by atoms with Crippen LogP contribution in [0.15, 0.2) is 30.6 Å². The summed E-state index contributed by atoms with van der Waals surface area (Å²) in [5, 5.41) is 4.54. The molecule has 2 aliphatic rings. The zero-order valence-electron chi connectivity index (χ0n) is 22.1. The summed E-state index contributed by atoms with van der Waals surface area (Å²) in [4.78, 5) is 19.3. The largest absolute Gasteiger partial charge is 0.373 e. The molecule has 0 N–H and O–H groups in total. The first-order valence-electron chi connectivity index (χ1n) is 13.2. The Hall–Kier alpha value is -3.26. The third kappa shape index (κ3) is 4.63. The highest BCUT2D eigenvalue weighted by molar-refractivity contribution is 5.87. The molecule has 1 saturated carbocycles. The van der Waals surface area contributed by atoms with Crippen LogP contribution >= 0.6 is 0 Å². The van der Waals surface area contributed by atoms with Crippen LogP contribution in [0.5, 0.6) is 0 Å². The molecule has 37 heavy (non-hydrogen) atoms. The van der Waals surface area contributed by atoms with Gasteiger partial charge in [-0.1, -0.05) is 26.8 Å². The first-order chi connectivity index (χ1) is 17.7. The van der Waals surface area contributed by atoms with E-state index < -0.39 is 0 Å². The summed E-state index contributed by atoms with van der Waals surface area (Å²) >= 11 is 0. The number of rotatable bonds is 4. The molecule has 1 aliphatic heterocycles. The highest BCUT2D eigenvalue weighted by Crippen LogP contribution is 2.40. The zero-order chi connectivity index (χ0) is 25.9. The minimum atomic E-state index is -0.309. The van der Waals surface area contributed by atoms with Gasteiger partial charge in [0.25, 0.3) is 0 Å². The van der Waals surface area contributed by atoms with Crippen LogP contribution in [-0.2, 0) is 10.2 Å². The molecule has 0 radical (unpaired) electrons. The summed E-state index contributed by atoms with van der Waals surface area (Å²) < 4.78 is 23.8. The van der Waals surface area contributed by atoms with Gasteiger partial charge in [-0.2, -0.15) is 5.10 Å². The lowest BCUT2D eigenvalue weighted by atomic mass is 9.86. The predicted molar refractivity (Wildman–Crippen MR) is 140 cm³/mol. The third-order valence-corrected chi connectivity index (χ3v) is 7.61. The minimum absolute atomic E-state index is 0.0616. The number of fused-ring (bicyclic) bond motifs is 1. The molecule has 2 atom stereocenters. The number of aryl methyl sites for hydroxylation is 2. The Labute approximate surface area is 216 Å². The predicted octanol–water partition coefficient (Wildman–Crippen LogP) is 6.31. The van der Waals surface area contributed by atoms with Gasteiger partial charge in [-0.25, -0.2) is 24.3 Å². The molecule has 4 heterocycles. The summed E-state index contributed by atoms with van der Waals surface area (Å²) in [6, 6.07) is 5.93. The average Bonchev–Trinajstić information content (AvgIpc) is 3.60. The number of ether oxygens (including phenoxy) is 1. The lowest BCUT2D eigenvalue weighted by molar-refractivity contribution is 0.00396. The van der Waals surface area contributed by atoms with E-state index >= 15 is 4.39 Å². The molecule has 6 rings (SSSR count). The summed E-state index contributed by atoms with van der Waals surface area (Å²) in [5.41, 5.74) is 5.43. The van der Waals surface area contributed by atoms with Crippen LogP contribution in [0.1, 0.15) is 92.9 Å². The highest BCUT2D eigenvalue weighted by atomic mass is 19.1. The monoisotopic (exact) mass is 500 g/mol. The zero-order valence-corrected chi connectivity index (χ0v) is 22.1. The first-order valence-corrected chi connectivity index (χ1v) is 13.2. The van der Waals surface area contributed by atoms with Gasteiger partial charge in [-0.05, 0) is 62.6 Å². The molecule has 1 aliphatic carbocycles. The quantitative estimate of drug-likeness (QED) is 0.327. The van der Waals surface area contributed by atoms with Crippen molar-refractivity contribution in [2.45, 2.75) is 83.8 Å². The van der Waals surface area contributed by atoms with Crippen LogP contribution in [0.25, 0.3) is 22.4 Å². The van der Waals surface area contributed by atoms with Crippen molar-refractivity contribution in [3.8, 4) is 11.3 Å². The van der Waals surface area contributed by atoms with Gasteiger partial charge in [0.15, 0.2) is 5.65 Å². The van der Waals surface area contributed by atoms with Crippen molar-refractivity contribution in [2.75, 3.05) is 6.61 Å². The molecular weight excluding hydrogens is 467 g/mol. The van der Waals surface area contributed by atoms with Crippen LogP contribution in [0, 0.1) is 19.7 Å². The lowest BCUT2D eigenvalue weighted by Crippen LogP contribution is -2.20. The molecule has 7 nitrogen and oxygen atoms in total. The van der Waals surface area contributed by atoms with Gasteiger partial charge in [0.1, 0.15) is 22.9 Å². The van der Waals surface area contributed by atoms with E-state index in [1.54, 1.807) is 6.07 Å². The number of nitrogens with zero attached hydrogens (tertiary/aromatic N) is 6. The third-order valence-electron chi connectivity index (χ3n) is 7.61. The van der Waals surface area contributed by atoms with Gasteiger partial charge >= 0.3 is 0 Å². The van der Waals surface area contributed by atoms with E-state index in [9.17, 15) is 0 Å². The highest BCUT2D eigenvalue weighted by Gasteiger charge is 2.31. The molecular formula is C29H33FN6O. The molecule has 0 spiro atoms. The molecule has 3 aromatic heterocycles. The molecule has 0 unspecified atom stereocenters. The SMILES string of the molecule is Cc1nc2nc([C@@H]3CCO[C@@H](c4cnn(C5CC5)c4)C3)nc(-c3ccc(C(C)(C)C)cc3F)c2nc1C. The Kier molecular flexibility index (Phi) is 5.82. The van der Waals surface area contributed by atoms with E-state index in [4.69, 9.17) is 24.7 Å². The summed E-state index contributed by atoms with van der Waals surface area (Å²) in [6.45, 7) is 10.7. The van der Waals surface area contributed by atoms with E-state index in [0.717, 1.165) is 35.4 Å². The Balaban J connectivity index is 1.41. The second-order valence-electron chi connectivity index (χ2n) is 11.5. The van der Waals surface area contributed by atoms with Gasteiger partial charge in [-0.15, -0.1) is 0 Å². The van der Waals surface area contributed by atoms with Crippen molar-refractivity contribution in [1.29, 1.82) is 0 Å². The molecule has 4 aromatic rings. The molecule has 1 aromatic carbocycles. The van der Waals surface area contributed by atoms with Gasteiger partial charge in [0, 0.05) is 29.8 Å². The summed E-state index contributed by atoms with van der Waals surface area (Å²) in [5.74, 6) is 0.421. The minimum Gasteiger partial charge on any atom is -0.373 e. The van der Waals surface area contributed by atoms with Crippen molar-refractivity contribution in [3.63, 3.8) is 0 Å². The van der Waals surface area contributed by atoms with Crippen molar-refractivity contribution >= 4 is 11.2 Å². The summed E-state index contributed by atoms with van der Waals surface area (Å²) in [7, 11) is 0. The molecule has 1 saturated heterocycles. The Morgan fingerprint density at radius 3 is 2.51 bits per heavy atom. The maximum atomic E-state index is 15.6. The van der Waals surface area contributed by atoms with E-state index in [1.807, 2.05) is 32.2 Å². The van der Waals surface area contributed by atoms with Crippen LogP contribution in [-0.4, -0.2) is 36.3 Å². The number of hydrogen-bond acceptors (Lipinski definition) is 6. The fourth-order valence-corrected chi connectivity index (χ4v) is 4.99. The maximum absolute atomic E-state index is 15.6. The van der Waals surface area contributed by atoms with Crippen LogP contribution < -0.4 is 0 Å². The average molecular weight is 501 g/mol. The van der Waals surface area contributed by atoms with E-state index in [2.05, 4.69) is 36.7 Å². The fourth-order valence-electron chi connectivity index (χ4n) is 4.99. The Morgan fingerprint density at radius 1 is 1.00 bits per heavy atom. The fraction of sp³-hybridized carbons (Fsp3) is 0.483. The smallest absolute Gasteiger partial charge is 0.182 e. The van der Waals surface area contributed by atoms with E-state index in [-0.39, 0.29) is 23.3 Å². The maximum Gasteiger partial charge on any atom is 0.182 e. The van der Waals surface area contributed by atoms with Crippen molar-refractivity contribution in [1.82, 2.24) is 29.7 Å². The number of aromatic nitrogens is 6. The number of hydrogen-bond donors (Lipinski definition) is 0. The van der Waals surface area contributed by atoms with Gasteiger partial charge < -0.3 is 4.74 Å². The van der Waals surface area contributed by atoms with Gasteiger partial charge in [-0.3, -0.25) is 4.68 Å². The van der Waals surface area contributed by atoms with Gasteiger partial charge in [0.2, 0.25) is 0 Å². The molecule has 0 amide bonds. The lowest BCUT2D eigenvalue weighted by Gasteiger charge is -2.28. The first kappa shape index (κ1) is 24.1. The second-order valence-corrected chi connectivity index (χ2v) is 11.5. The molecule has 2 fully saturated rings. The Bertz CT molecular complexity index is 1490. The molecule has 8 heteroatoms. The van der Waals surface area contributed by atoms with Crippen LogP contribution in [0.3, 0.4) is 0 Å². The standard InChI is InChI=1S/C29H33FN6O/c1-16-17(2)33-28-26(32-16)25(22-9-6-20(13-23(22)30)29(3,4)5)34-27(35-28)18-10-11-37-24(12-18)19-14-31-36(15-19)21-7-8-21/h6,9,13-15,18,21,24H,7-8,10-12H2,1-5H3/t18-,24-/m1/s1. The number of benzene rings is 1. The topological polar surface area (TPSA) is 78.6 Å². The van der Waals surface area contributed by atoms with Crippen molar-refractivity contribution in [2.24, 2.45) is 0 Å². The Morgan fingerprint density at radius 2 is 1.78 bits per heavy atom. The molecule has 192 valence electrons. The molecule has 0 bridgehead atoms. The van der Waals surface area contributed by atoms with Crippen molar-refractivity contribution in [3.05, 3.63) is 64.7 Å². The number of halogens is 1. The van der Waals surface area contributed by atoms with E-state index in [0.29, 0.717) is 40.9 Å². The van der Waals surface area contributed by atoms with Crippen LogP contribution in [0.4, 0.5) is 4.39 Å². The second kappa shape index (κ2) is 8.94. The van der Waals surface area contributed by atoms with Gasteiger partial charge in [0.05, 0.1) is 29.7 Å². The summed E-state index contributed by atoms with van der Waals surface area (Å²) in [6.07, 6.45) is 7.88.